The minimum atomic E-state index is 0.793. The molecular weight excluding hydrogens is 328 g/mol. The van der Waals surface area contributed by atoms with Crippen molar-refractivity contribution >= 4 is 33.1 Å². The van der Waals surface area contributed by atoms with Gasteiger partial charge in [-0.15, -0.1) is 11.3 Å². The molecular formula is C21H18N2OS. The lowest BCUT2D eigenvalue weighted by atomic mass is 10.1. The van der Waals surface area contributed by atoms with E-state index in [4.69, 9.17) is 4.42 Å². The summed E-state index contributed by atoms with van der Waals surface area (Å²) in [5.41, 5.74) is 5.19. The maximum absolute atomic E-state index is 5.58. The number of furan rings is 1. The van der Waals surface area contributed by atoms with E-state index in [2.05, 4.69) is 48.1 Å². The molecule has 0 amide bonds. The molecule has 2 heterocycles. The molecule has 0 spiro atoms. The summed E-state index contributed by atoms with van der Waals surface area (Å²) in [5.74, 6) is 0. The maximum Gasteiger partial charge on any atom is 0.187 e. The second-order valence-electron chi connectivity index (χ2n) is 6.04. The Morgan fingerprint density at radius 2 is 1.96 bits per heavy atom. The second kappa shape index (κ2) is 6.57. The Bertz CT molecular complexity index is 1030. The minimum Gasteiger partial charge on any atom is -0.464 e. The fourth-order valence-electron chi connectivity index (χ4n) is 2.76. The first-order valence-corrected chi connectivity index (χ1v) is 8.93. The van der Waals surface area contributed by atoms with E-state index in [1.54, 1.807) is 17.6 Å². The molecule has 2 aromatic carbocycles. The summed E-state index contributed by atoms with van der Waals surface area (Å²) < 4.78 is 5.58. The number of thiazole rings is 1. The number of hydrogen-bond donors (Lipinski definition) is 1. The van der Waals surface area contributed by atoms with E-state index in [1.807, 2.05) is 30.5 Å². The number of aryl methyl sites for hydroxylation is 1. The van der Waals surface area contributed by atoms with E-state index in [0.29, 0.717) is 0 Å². The summed E-state index contributed by atoms with van der Waals surface area (Å²) in [6.45, 7) is 6.24. The highest BCUT2D eigenvalue weighted by atomic mass is 32.1. The number of fused-ring (bicyclic) bond motifs is 1. The molecule has 0 saturated heterocycles. The van der Waals surface area contributed by atoms with E-state index >= 15 is 0 Å². The third kappa shape index (κ3) is 3.35. The van der Waals surface area contributed by atoms with Crippen molar-refractivity contribution in [1.82, 2.24) is 4.98 Å². The summed E-state index contributed by atoms with van der Waals surface area (Å²) in [4.78, 5) is 5.69. The van der Waals surface area contributed by atoms with Gasteiger partial charge in [0.1, 0.15) is 11.8 Å². The molecule has 0 aliphatic carbocycles. The van der Waals surface area contributed by atoms with Gasteiger partial charge < -0.3 is 9.73 Å². The molecule has 3 nitrogen and oxygen atoms in total. The van der Waals surface area contributed by atoms with Gasteiger partial charge in [-0.1, -0.05) is 54.6 Å². The van der Waals surface area contributed by atoms with Gasteiger partial charge in [0, 0.05) is 34.1 Å². The van der Waals surface area contributed by atoms with Gasteiger partial charge in [-0.2, -0.15) is 0 Å². The molecule has 0 unspecified atom stereocenters. The molecule has 4 aromatic rings. The Hall–Kier alpha value is -2.85. The van der Waals surface area contributed by atoms with Crippen LogP contribution in [0.5, 0.6) is 0 Å². The zero-order valence-electron chi connectivity index (χ0n) is 14.0. The molecule has 1 N–H and O–H groups in total. The first-order valence-electron chi connectivity index (χ1n) is 8.12. The van der Waals surface area contributed by atoms with Gasteiger partial charge in [0.2, 0.25) is 0 Å². The van der Waals surface area contributed by atoms with Crippen LogP contribution in [-0.2, 0) is 6.42 Å². The third-order valence-corrected chi connectivity index (χ3v) is 5.03. The molecule has 0 saturated carbocycles. The van der Waals surface area contributed by atoms with Crippen molar-refractivity contribution in [3.05, 3.63) is 89.1 Å². The Balaban J connectivity index is 1.49. The van der Waals surface area contributed by atoms with Crippen molar-refractivity contribution in [2.45, 2.75) is 13.3 Å². The van der Waals surface area contributed by atoms with Gasteiger partial charge >= 0.3 is 0 Å². The molecule has 0 atom stereocenters. The van der Waals surface area contributed by atoms with Crippen LogP contribution in [0.4, 0.5) is 5.13 Å². The topological polar surface area (TPSA) is 38.1 Å². The fraction of sp³-hybridized carbons (Fsp3) is 0.0952. The molecule has 0 radical (unpaired) electrons. The molecule has 4 heteroatoms. The molecule has 124 valence electrons. The lowest BCUT2D eigenvalue weighted by Gasteiger charge is -2.04. The highest BCUT2D eigenvalue weighted by molar-refractivity contribution is 7.15. The normalized spacial score (nSPS) is 10.9. The van der Waals surface area contributed by atoms with Crippen LogP contribution in [-0.4, -0.2) is 4.98 Å². The number of nitrogens with one attached hydrogen (secondary N) is 1. The van der Waals surface area contributed by atoms with Gasteiger partial charge in [-0.3, -0.25) is 0 Å². The van der Waals surface area contributed by atoms with E-state index in [1.165, 1.54) is 16.0 Å². The molecule has 4 rings (SSSR count). The van der Waals surface area contributed by atoms with Crippen molar-refractivity contribution in [2.75, 3.05) is 5.32 Å². The van der Waals surface area contributed by atoms with E-state index in [0.717, 1.165) is 33.8 Å². The van der Waals surface area contributed by atoms with Gasteiger partial charge in [-0.25, -0.2) is 4.98 Å². The van der Waals surface area contributed by atoms with Crippen molar-refractivity contribution < 1.29 is 4.42 Å². The van der Waals surface area contributed by atoms with Crippen molar-refractivity contribution in [2.24, 2.45) is 0 Å². The predicted octanol–water partition coefficient (Wildman–Crippen LogP) is 5.87. The largest absolute Gasteiger partial charge is 0.464 e. The molecule has 0 aliphatic rings. The van der Waals surface area contributed by atoms with Crippen LogP contribution in [0.25, 0.3) is 16.7 Å². The monoisotopic (exact) mass is 346 g/mol. The van der Waals surface area contributed by atoms with Gasteiger partial charge in [-0.05, 0) is 18.6 Å². The summed E-state index contributed by atoms with van der Waals surface area (Å²) in [6.07, 6.45) is 4.55. The number of para-hydroxylation sites is 1. The molecule has 0 bridgehead atoms. The minimum absolute atomic E-state index is 0.793. The summed E-state index contributed by atoms with van der Waals surface area (Å²) >= 11 is 1.65. The van der Waals surface area contributed by atoms with Gasteiger partial charge in [0.05, 0.1) is 0 Å². The lowest BCUT2D eigenvalue weighted by molar-refractivity contribution is 0.615. The van der Waals surface area contributed by atoms with E-state index in [-0.39, 0.29) is 0 Å². The van der Waals surface area contributed by atoms with Crippen LogP contribution in [0.15, 0.2) is 72.0 Å². The zero-order valence-corrected chi connectivity index (χ0v) is 14.8. The Morgan fingerprint density at radius 3 is 2.80 bits per heavy atom. The highest BCUT2D eigenvalue weighted by Crippen LogP contribution is 2.29. The number of nitrogens with zero attached hydrogens (tertiary/aromatic N) is 1. The Morgan fingerprint density at radius 1 is 1.16 bits per heavy atom. The van der Waals surface area contributed by atoms with E-state index < -0.39 is 0 Å². The quantitative estimate of drug-likeness (QED) is 0.491. The summed E-state index contributed by atoms with van der Waals surface area (Å²) in [5, 5.41) is 5.20. The number of aromatic nitrogens is 1. The van der Waals surface area contributed by atoms with Crippen LogP contribution >= 0.6 is 11.3 Å². The van der Waals surface area contributed by atoms with E-state index in [9.17, 15) is 0 Å². The summed E-state index contributed by atoms with van der Waals surface area (Å²) in [7, 11) is 0. The molecule has 0 aliphatic heterocycles. The van der Waals surface area contributed by atoms with Crippen molar-refractivity contribution in [1.29, 1.82) is 0 Å². The second-order valence-corrected chi connectivity index (χ2v) is 7.16. The molecule has 0 fully saturated rings. The van der Waals surface area contributed by atoms with Crippen LogP contribution in [0.2, 0.25) is 0 Å². The average molecular weight is 346 g/mol. The number of rotatable bonds is 5. The van der Waals surface area contributed by atoms with Crippen LogP contribution in [0, 0.1) is 6.92 Å². The zero-order chi connectivity index (χ0) is 17.2. The van der Waals surface area contributed by atoms with Crippen molar-refractivity contribution in [3.8, 4) is 0 Å². The number of hydrogen-bond acceptors (Lipinski definition) is 4. The van der Waals surface area contributed by atoms with Crippen LogP contribution in [0.1, 0.15) is 21.6 Å². The standard InChI is InChI=1S/C21H18N2OS/c1-14-7-9-16(10-8-14)11-17-12-22-21(25-17)23-15(2)19-13-24-20-6-4-3-5-18(19)20/h3-10,12-13H,2,11H2,1H3,(H,22,23). The Labute approximate surface area is 150 Å². The third-order valence-electron chi connectivity index (χ3n) is 4.12. The first kappa shape index (κ1) is 15.7. The number of benzene rings is 2. The molecule has 2 aromatic heterocycles. The fourth-order valence-corrected chi connectivity index (χ4v) is 3.63. The maximum atomic E-state index is 5.58. The average Bonchev–Trinajstić information content (AvgIpc) is 3.23. The summed E-state index contributed by atoms with van der Waals surface area (Å²) in [6, 6.07) is 16.6. The van der Waals surface area contributed by atoms with Crippen molar-refractivity contribution in [3.63, 3.8) is 0 Å². The van der Waals surface area contributed by atoms with Gasteiger partial charge in [0.25, 0.3) is 0 Å². The SMILES string of the molecule is C=C(Nc1ncc(Cc2ccc(C)cc2)s1)c1coc2ccccc12. The predicted molar refractivity (Wildman–Crippen MR) is 105 cm³/mol. The first-order chi connectivity index (χ1) is 12.2. The molecule has 25 heavy (non-hydrogen) atoms. The lowest BCUT2D eigenvalue weighted by Crippen LogP contribution is -1.95. The number of anilines is 1. The van der Waals surface area contributed by atoms with Crippen LogP contribution < -0.4 is 5.32 Å². The van der Waals surface area contributed by atoms with Gasteiger partial charge in [0.15, 0.2) is 5.13 Å². The van der Waals surface area contributed by atoms with Crippen LogP contribution in [0.3, 0.4) is 0 Å². The smallest absolute Gasteiger partial charge is 0.187 e. The Kier molecular flexibility index (Phi) is 4.12. The highest BCUT2D eigenvalue weighted by Gasteiger charge is 2.10.